The highest BCUT2D eigenvalue weighted by molar-refractivity contribution is 6.19. The number of nitrogens with one attached hydrogen (secondary N) is 4. The molecule has 48 heavy (non-hydrogen) atoms. The van der Waals surface area contributed by atoms with E-state index in [1.807, 2.05) is 112 Å². The number of benzene rings is 4. The maximum atomic E-state index is 13.3. The second kappa shape index (κ2) is 16.0. The van der Waals surface area contributed by atoms with E-state index >= 15 is 0 Å². The molecule has 0 saturated carbocycles. The van der Waals surface area contributed by atoms with Crippen molar-refractivity contribution in [1.82, 2.24) is 15.2 Å². The summed E-state index contributed by atoms with van der Waals surface area (Å²) in [6.07, 6.45) is 0. The number of rotatable bonds is 13. The molecule has 0 bridgehead atoms. The molecule has 9 nitrogen and oxygen atoms in total. The number of hydrogen-bond acceptors (Lipinski definition) is 6. The number of alkyl halides is 2. The third-order valence-corrected chi connectivity index (χ3v) is 8.27. The van der Waals surface area contributed by atoms with E-state index < -0.39 is 0 Å². The zero-order valence-corrected chi connectivity index (χ0v) is 29.2. The maximum Gasteiger partial charge on any atom is 0.323 e. The van der Waals surface area contributed by atoms with E-state index in [1.165, 1.54) is 0 Å². The summed E-state index contributed by atoms with van der Waals surface area (Å²) in [5, 5.41) is 14.3. The SMILES string of the molecule is Cc1cc(NC(=O)Nc2ccc(N(CCCl)CCCl)cc2)cc(Nc2c3cccc(C)c3nc3c(C(=O)NCCN(C)C)cccc23)c1. The van der Waals surface area contributed by atoms with Gasteiger partial charge in [0, 0.05) is 71.5 Å². The first-order valence-corrected chi connectivity index (χ1v) is 16.9. The molecule has 3 amide bonds. The monoisotopic (exact) mass is 685 g/mol. The number of urea groups is 1. The molecule has 1 heterocycles. The Morgan fingerprint density at radius 1 is 0.750 bits per heavy atom. The molecule has 11 heteroatoms. The summed E-state index contributed by atoms with van der Waals surface area (Å²) in [6, 6.07) is 24.7. The van der Waals surface area contributed by atoms with Crippen molar-refractivity contribution < 1.29 is 9.59 Å². The minimum Gasteiger partial charge on any atom is -0.369 e. The zero-order chi connectivity index (χ0) is 34.2. The summed E-state index contributed by atoms with van der Waals surface area (Å²) in [7, 11) is 3.94. The van der Waals surface area contributed by atoms with Crippen molar-refractivity contribution in [1.29, 1.82) is 0 Å². The Morgan fingerprint density at radius 2 is 1.40 bits per heavy atom. The fourth-order valence-corrected chi connectivity index (χ4v) is 6.04. The Kier molecular flexibility index (Phi) is 11.6. The van der Waals surface area contributed by atoms with Crippen LogP contribution in [0.2, 0.25) is 0 Å². The second-order valence-electron chi connectivity index (χ2n) is 11.9. The molecule has 0 spiro atoms. The molecule has 0 aliphatic carbocycles. The molecule has 4 aromatic carbocycles. The van der Waals surface area contributed by atoms with Crippen LogP contribution in [-0.4, -0.2) is 73.9 Å². The van der Waals surface area contributed by atoms with Crippen molar-refractivity contribution in [2.45, 2.75) is 13.8 Å². The van der Waals surface area contributed by atoms with Crippen molar-refractivity contribution in [3.05, 3.63) is 95.6 Å². The van der Waals surface area contributed by atoms with Crippen LogP contribution in [0.1, 0.15) is 21.5 Å². The standard InChI is InChI=1S/C37H41Cl2N7O2/c1-24-21-27(23-28(22-24)43-37(48)42-26-11-13-29(14-12-26)46(18-15-38)19-16-39)41-34-30-8-5-7-25(2)33(30)44-35-31(34)9-6-10-32(35)36(47)40-17-20-45(3)4/h5-14,21-23H,15-20H2,1-4H3,(H,40,47)(H,41,44)(H2,42,43,48). The maximum absolute atomic E-state index is 13.3. The average molecular weight is 687 g/mol. The fourth-order valence-electron chi connectivity index (χ4n) is 5.63. The molecule has 0 radical (unpaired) electrons. The molecule has 0 unspecified atom stereocenters. The predicted molar refractivity (Wildman–Crippen MR) is 202 cm³/mol. The highest BCUT2D eigenvalue weighted by Gasteiger charge is 2.18. The van der Waals surface area contributed by atoms with Crippen LogP contribution in [0.5, 0.6) is 0 Å². The molecule has 4 N–H and O–H groups in total. The van der Waals surface area contributed by atoms with Crippen molar-refractivity contribution in [3.8, 4) is 0 Å². The zero-order valence-electron chi connectivity index (χ0n) is 27.7. The van der Waals surface area contributed by atoms with Gasteiger partial charge < -0.3 is 31.1 Å². The minimum atomic E-state index is -0.363. The van der Waals surface area contributed by atoms with E-state index in [2.05, 4.69) is 26.2 Å². The van der Waals surface area contributed by atoms with Crippen LogP contribution in [-0.2, 0) is 0 Å². The second-order valence-corrected chi connectivity index (χ2v) is 12.7. The third-order valence-electron chi connectivity index (χ3n) is 7.93. The Hall–Kier alpha value is -4.57. The molecule has 0 atom stereocenters. The number of carbonyl (C=O) groups excluding carboxylic acids is 2. The number of likely N-dealkylation sites (N-methyl/N-ethyl adjacent to an activating group) is 1. The first-order valence-electron chi connectivity index (χ1n) is 15.9. The molecule has 0 saturated heterocycles. The van der Waals surface area contributed by atoms with Crippen LogP contribution < -0.4 is 26.2 Å². The number of amides is 3. The number of anilines is 5. The van der Waals surface area contributed by atoms with Gasteiger partial charge in [-0.1, -0.05) is 30.3 Å². The smallest absolute Gasteiger partial charge is 0.323 e. The van der Waals surface area contributed by atoms with Crippen molar-refractivity contribution in [3.63, 3.8) is 0 Å². The van der Waals surface area contributed by atoms with E-state index in [9.17, 15) is 9.59 Å². The number of hydrogen-bond donors (Lipinski definition) is 4. The lowest BCUT2D eigenvalue weighted by Gasteiger charge is -2.23. The molecule has 0 aliphatic rings. The minimum absolute atomic E-state index is 0.167. The molecule has 0 fully saturated rings. The molecular weight excluding hydrogens is 645 g/mol. The molecular formula is C37H41Cl2N7O2. The Morgan fingerprint density at radius 3 is 2.08 bits per heavy atom. The van der Waals surface area contributed by atoms with E-state index in [-0.39, 0.29) is 11.9 Å². The van der Waals surface area contributed by atoms with Crippen LogP contribution in [0.15, 0.2) is 78.9 Å². The Bertz CT molecular complexity index is 1910. The average Bonchev–Trinajstić information content (AvgIpc) is 3.04. The molecule has 1 aromatic heterocycles. The fraction of sp³-hybridized carbons (Fsp3) is 0.270. The number of nitrogens with zero attached hydrogens (tertiary/aromatic N) is 3. The van der Waals surface area contributed by atoms with Crippen LogP contribution in [0.25, 0.3) is 21.8 Å². The Labute approximate surface area is 291 Å². The van der Waals surface area contributed by atoms with Gasteiger partial charge in [0.15, 0.2) is 0 Å². The highest BCUT2D eigenvalue weighted by atomic mass is 35.5. The Balaban J connectivity index is 1.41. The predicted octanol–water partition coefficient (Wildman–Crippen LogP) is 7.97. The first-order chi connectivity index (χ1) is 23.2. The summed E-state index contributed by atoms with van der Waals surface area (Å²) in [5.41, 5.74) is 7.79. The molecule has 0 aliphatic heterocycles. The topological polar surface area (TPSA) is 102 Å². The number of para-hydroxylation sites is 2. The van der Waals surface area contributed by atoms with Gasteiger partial charge in [-0.3, -0.25) is 4.79 Å². The lowest BCUT2D eigenvalue weighted by Crippen LogP contribution is -2.31. The largest absolute Gasteiger partial charge is 0.369 e. The molecule has 250 valence electrons. The van der Waals surface area contributed by atoms with E-state index in [1.54, 1.807) is 0 Å². The summed E-state index contributed by atoms with van der Waals surface area (Å²) in [6.45, 7) is 6.62. The number of pyridine rings is 1. The summed E-state index contributed by atoms with van der Waals surface area (Å²) in [5.74, 6) is 0.824. The van der Waals surface area contributed by atoms with Gasteiger partial charge in [0.05, 0.1) is 22.3 Å². The normalized spacial score (nSPS) is 11.1. The lowest BCUT2D eigenvalue weighted by atomic mass is 10.0. The van der Waals surface area contributed by atoms with Gasteiger partial charge in [-0.25, -0.2) is 9.78 Å². The number of aromatic nitrogens is 1. The lowest BCUT2D eigenvalue weighted by molar-refractivity contribution is 0.0952. The van der Waals surface area contributed by atoms with Gasteiger partial charge in [-0.05, 0) is 87.6 Å². The van der Waals surface area contributed by atoms with Crippen LogP contribution in [0.4, 0.5) is 33.2 Å². The van der Waals surface area contributed by atoms with Crippen LogP contribution in [0, 0.1) is 13.8 Å². The molecule has 5 rings (SSSR count). The van der Waals surface area contributed by atoms with Gasteiger partial charge in [0.25, 0.3) is 5.91 Å². The van der Waals surface area contributed by atoms with Gasteiger partial charge in [0.2, 0.25) is 0 Å². The molecule has 5 aromatic rings. The van der Waals surface area contributed by atoms with E-state index in [4.69, 9.17) is 28.2 Å². The van der Waals surface area contributed by atoms with Crippen LogP contribution >= 0.6 is 23.2 Å². The van der Waals surface area contributed by atoms with Gasteiger partial charge >= 0.3 is 6.03 Å². The first kappa shape index (κ1) is 34.8. The van der Waals surface area contributed by atoms with Gasteiger partial charge in [0.1, 0.15) is 0 Å². The van der Waals surface area contributed by atoms with Gasteiger partial charge in [-0.2, -0.15) is 0 Å². The number of fused-ring (bicyclic) bond motifs is 2. The highest BCUT2D eigenvalue weighted by Crippen LogP contribution is 2.36. The van der Waals surface area contributed by atoms with Crippen molar-refractivity contribution in [2.75, 3.05) is 72.9 Å². The van der Waals surface area contributed by atoms with Crippen molar-refractivity contribution in [2.24, 2.45) is 0 Å². The van der Waals surface area contributed by atoms with Crippen molar-refractivity contribution >= 4 is 85.4 Å². The number of carbonyl (C=O) groups is 2. The third kappa shape index (κ3) is 8.47. The summed E-state index contributed by atoms with van der Waals surface area (Å²) in [4.78, 5) is 35.5. The summed E-state index contributed by atoms with van der Waals surface area (Å²) >= 11 is 11.9. The quantitative estimate of drug-likeness (QED) is 0.0741. The number of aryl methyl sites for hydroxylation is 2. The summed E-state index contributed by atoms with van der Waals surface area (Å²) < 4.78 is 0. The van der Waals surface area contributed by atoms with E-state index in [0.29, 0.717) is 53.8 Å². The number of halogens is 2. The van der Waals surface area contributed by atoms with Crippen LogP contribution in [0.3, 0.4) is 0 Å². The van der Waals surface area contributed by atoms with E-state index in [0.717, 1.165) is 51.0 Å². The van der Waals surface area contributed by atoms with Gasteiger partial charge in [-0.15, -0.1) is 23.2 Å².